The van der Waals surface area contributed by atoms with Gasteiger partial charge in [-0.2, -0.15) is 0 Å². The first-order chi connectivity index (χ1) is 6.68. The Hall–Kier alpha value is -0.0800. The molecule has 0 saturated carbocycles. The molecule has 1 fully saturated rings. The maximum absolute atomic E-state index is 5.12. The Morgan fingerprint density at radius 3 is 2.71 bits per heavy atom. The average molecular weight is 199 g/mol. The fourth-order valence-corrected chi connectivity index (χ4v) is 2.69. The highest BCUT2D eigenvalue weighted by atomic mass is 16.5. The lowest BCUT2D eigenvalue weighted by Gasteiger charge is -2.31. The van der Waals surface area contributed by atoms with E-state index in [2.05, 4.69) is 19.2 Å². The Labute approximate surface area is 88.4 Å². The highest BCUT2D eigenvalue weighted by Gasteiger charge is 2.32. The molecule has 1 unspecified atom stereocenters. The van der Waals surface area contributed by atoms with Crippen molar-refractivity contribution in [3.8, 4) is 0 Å². The molecule has 1 heterocycles. The van der Waals surface area contributed by atoms with Crippen LogP contribution in [0.2, 0.25) is 0 Å². The molecule has 0 aromatic rings. The Morgan fingerprint density at radius 1 is 1.43 bits per heavy atom. The lowest BCUT2D eigenvalue weighted by atomic mass is 9.83. The van der Waals surface area contributed by atoms with Crippen molar-refractivity contribution in [3.63, 3.8) is 0 Å². The van der Waals surface area contributed by atoms with Gasteiger partial charge in [0.05, 0.1) is 0 Å². The standard InChI is InChI=1S/C12H25NO/c1-11(2)10-12(6-4-8-13-12)7-5-9-14-3/h11,13H,4-10H2,1-3H3. The van der Waals surface area contributed by atoms with Crippen LogP contribution in [0.15, 0.2) is 0 Å². The summed E-state index contributed by atoms with van der Waals surface area (Å²) >= 11 is 0. The summed E-state index contributed by atoms with van der Waals surface area (Å²) in [6.45, 7) is 6.75. The van der Waals surface area contributed by atoms with E-state index in [0.717, 1.165) is 12.5 Å². The van der Waals surface area contributed by atoms with Crippen molar-refractivity contribution in [2.24, 2.45) is 5.92 Å². The van der Waals surface area contributed by atoms with Crippen LogP contribution in [0.3, 0.4) is 0 Å². The predicted molar refractivity (Wildman–Crippen MR) is 60.5 cm³/mol. The molecule has 1 saturated heterocycles. The molecule has 0 aromatic heterocycles. The van der Waals surface area contributed by atoms with Crippen LogP contribution >= 0.6 is 0 Å². The van der Waals surface area contributed by atoms with Gasteiger partial charge in [-0.15, -0.1) is 0 Å². The highest BCUT2D eigenvalue weighted by Crippen LogP contribution is 2.31. The van der Waals surface area contributed by atoms with Crippen molar-refractivity contribution < 1.29 is 4.74 Å². The number of nitrogens with one attached hydrogen (secondary N) is 1. The first-order valence-electron chi connectivity index (χ1n) is 5.92. The van der Waals surface area contributed by atoms with Crippen LogP contribution in [0.25, 0.3) is 0 Å². The second-order valence-corrected chi connectivity index (χ2v) is 5.00. The van der Waals surface area contributed by atoms with Gasteiger partial charge in [0, 0.05) is 19.3 Å². The molecule has 1 aliphatic heterocycles. The van der Waals surface area contributed by atoms with Crippen molar-refractivity contribution >= 4 is 0 Å². The van der Waals surface area contributed by atoms with E-state index in [4.69, 9.17) is 4.74 Å². The van der Waals surface area contributed by atoms with E-state index in [1.807, 2.05) is 0 Å². The smallest absolute Gasteiger partial charge is 0.0462 e. The molecule has 1 rings (SSSR count). The molecule has 1 atom stereocenters. The molecule has 2 nitrogen and oxygen atoms in total. The summed E-state index contributed by atoms with van der Waals surface area (Å²) in [4.78, 5) is 0. The Bertz CT molecular complexity index is 150. The van der Waals surface area contributed by atoms with E-state index in [0.29, 0.717) is 5.54 Å². The largest absolute Gasteiger partial charge is 0.385 e. The molecule has 0 bridgehead atoms. The Kier molecular flexibility index (Phi) is 4.90. The second-order valence-electron chi connectivity index (χ2n) is 5.00. The zero-order valence-electron chi connectivity index (χ0n) is 9.94. The van der Waals surface area contributed by atoms with Gasteiger partial charge in [0.15, 0.2) is 0 Å². The molecule has 84 valence electrons. The molecule has 1 aliphatic rings. The summed E-state index contributed by atoms with van der Waals surface area (Å²) in [5.74, 6) is 0.795. The van der Waals surface area contributed by atoms with Crippen molar-refractivity contribution in [1.29, 1.82) is 0 Å². The molecular weight excluding hydrogens is 174 g/mol. The maximum atomic E-state index is 5.12. The number of ether oxygens (including phenoxy) is 1. The number of methoxy groups -OCH3 is 1. The van der Waals surface area contributed by atoms with Gasteiger partial charge < -0.3 is 10.1 Å². The summed E-state index contributed by atoms with van der Waals surface area (Å²) in [7, 11) is 1.79. The zero-order chi connectivity index (χ0) is 10.4. The van der Waals surface area contributed by atoms with E-state index in [9.17, 15) is 0 Å². The van der Waals surface area contributed by atoms with E-state index in [-0.39, 0.29) is 0 Å². The Balaban J connectivity index is 2.36. The first kappa shape index (κ1) is 12.0. The van der Waals surface area contributed by atoms with Gasteiger partial charge >= 0.3 is 0 Å². The van der Waals surface area contributed by atoms with Crippen LogP contribution in [0, 0.1) is 5.92 Å². The van der Waals surface area contributed by atoms with Crippen LogP contribution in [-0.2, 0) is 4.74 Å². The molecule has 0 aliphatic carbocycles. The lowest BCUT2D eigenvalue weighted by Crippen LogP contribution is -2.41. The molecule has 0 spiro atoms. The van der Waals surface area contributed by atoms with E-state index < -0.39 is 0 Å². The summed E-state index contributed by atoms with van der Waals surface area (Å²) < 4.78 is 5.12. The zero-order valence-corrected chi connectivity index (χ0v) is 9.94. The molecule has 2 heteroatoms. The van der Waals surface area contributed by atoms with E-state index >= 15 is 0 Å². The van der Waals surface area contributed by atoms with Crippen molar-refractivity contribution in [2.75, 3.05) is 20.3 Å². The van der Waals surface area contributed by atoms with Crippen LogP contribution < -0.4 is 5.32 Å². The average Bonchev–Trinajstić information content (AvgIpc) is 2.53. The van der Waals surface area contributed by atoms with Gasteiger partial charge in [-0.3, -0.25) is 0 Å². The third kappa shape index (κ3) is 3.58. The molecule has 0 aromatic carbocycles. The molecule has 0 amide bonds. The fourth-order valence-electron chi connectivity index (χ4n) is 2.69. The third-order valence-electron chi connectivity index (χ3n) is 3.13. The Morgan fingerprint density at radius 2 is 2.21 bits per heavy atom. The predicted octanol–water partition coefficient (Wildman–Crippen LogP) is 2.58. The summed E-state index contributed by atoms with van der Waals surface area (Å²) in [5.41, 5.74) is 0.437. The second kappa shape index (κ2) is 5.72. The van der Waals surface area contributed by atoms with E-state index in [1.54, 1.807) is 7.11 Å². The minimum atomic E-state index is 0.437. The SMILES string of the molecule is COCCCC1(CC(C)C)CCCN1. The number of hydrogen-bond acceptors (Lipinski definition) is 2. The van der Waals surface area contributed by atoms with Crippen LogP contribution in [0.4, 0.5) is 0 Å². The van der Waals surface area contributed by atoms with Crippen LogP contribution in [0.1, 0.15) is 46.0 Å². The molecular formula is C12H25NO. The summed E-state index contributed by atoms with van der Waals surface area (Å²) in [5, 5.41) is 3.70. The van der Waals surface area contributed by atoms with Gasteiger partial charge in [-0.1, -0.05) is 13.8 Å². The minimum Gasteiger partial charge on any atom is -0.385 e. The summed E-state index contributed by atoms with van der Waals surface area (Å²) in [6, 6.07) is 0. The fraction of sp³-hybridized carbons (Fsp3) is 1.00. The van der Waals surface area contributed by atoms with Gasteiger partial charge in [-0.25, -0.2) is 0 Å². The molecule has 14 heavy (non-hydrogen) atoms. The van der Waals surface area contributed by atoms with E-state index in [1.165, 1.54) is 38.6 Å². The van der Waals surface area contributed by atoms with Gasteiger partial charge in [0.2, 0.25) is 0 Å². The maximum Gasteiger partial charge on any atom is 0.0462 e. The monoisotopic (exact) mass is 199 g/mol. The van der Waals surface area contributed by atoms with Crippen molar-refractivity contribution in [2.45, 2.75) is 51.5 Å². The lowest BCUT2D eigenvalue weighted by molar-refractivity contribution is 0.173. The van der Waals surface area contributed by atoms with Gasteiger partial charge in [0.1, 0.15) is 0 Å². The number of rotatable bonds is 6. The summed E-state index contributed by atoms with van der Waals surface area (Å²) in [6.07, 6.45) is 6.49. The molecule has 1 N–H and O–H groups in total. The van der Waals surface area contributed by atoms with Gasteiger partial charge in [0.25, 0.3) is 0 Å². The normalized spacial score (nSPS) is 27.4. The topological polar surface area (TPSA) is 21.3 Å². The third-order valence-corrected chi connectivity index (χ3v) is 3.13. The van der Waals surface area contributed by atoms with Crippen LogP contribution in [-0.4, -0.2) is 25.8 Å². The quantitative estimate of drug-likeness (QED) is 0.664. The van der Waals surface area contributed by atoms with Crippen molar-refractivity contribution in [1.82, 2.24) is 5.32 Å². The van der Waals surface area contributed by atoms with Crippen molar-refractivity contribution in [3.05, 3.63) is 0 Å². The number of hydrogen-bond donors (Lipinski definition) is 1. The first-order valence-corrected chi connectivity index (χ1v) is 5.92. The van der Waals surface area contributed by atoms with Gasteiger partial charge in [-0.05, 0) is 44.6 Å². The van der Waals surface area contributed by atoms with Crippen LogP contribution in [0.5, 0.6) is 0 Å². The minimum absolute atomic E-state index is 0.437. The molecule has 0 radical (unpaired) electrons. The highest BCUT2D eigenvalue weighted by molar-refractivity contribution is 4.93.